The third kappa shape index (κ3) is 3.16. The van der Waals surface area contributed by atoms with Gasteiger partial charge in [-0.2, -0.15) is 0 Å². The molecule has 0 amide bonds. The van der Waals surface area contributed by atoms with Crippen molar-refractivity contribution in [2.24, 2.45) is 5.73 Å². The SMILES string of the molecule is CN(CCN)c1nccc(C2CCCCC2)n1. The number of rotatable bonds is 4. The van der Waals surface area contributed by atoms with Crippen molar-refractivity contribution in [3.05, 3.63) is 18.0 Å². The van der Waals surface area contributed by atoms with E-state index in [0.29, 0.717) is 12.5 Å². The first-order chi connectivity index (χ1) is 8.31. The first-order valence-corrected chi connectivity index (χ1v) is 6.55. The molecule has 1 aliphatic carbocycles. The Morgan fingerprint density at radius 1 is 1.35 bits per heavy atom. The van der Waals surface area contributed by atoms with Gasteiger partial charge in [-0.1, -0.05) is 19.3 Å². The molecule has 1 aromatic rings. The lowest BCUT2D eigenvalue weighted by Crippen LogP contribution is -2.27. The Bertz CT molecular complexity index is 347. The van der Waals surface area contributed by atoms with E-state index in [9.17, 15) is 0 Å². The summed E-state index contributed by atoms with van der Waals surface area (Å²) in [4.78, 5) is 11.0. The largest absolute Gasteiger partial charge is 0.343 e. The minimum atomic E-state index is 0.632. The van der Waals surface area contributed by atoms with Gasteiger partial charge in [-0.3, -0.25) is 0 Å². The standard InChI is InChI=1S/C13H22N4/c1-17(10-8-14)13-15-9-7-12(16-13)11-5-3-2-4-6-11/h7,9,11H,2-6,8,10,14H2,1H3. The predicted molar refractivity (Wildman–Crippen MR) is 70.2 cm³/mol. The van der Waals surface area contributed by atoms with E-state index >= 15 is 0 Å². The highest BCUT2D eigenvalue weighted by Gasteiger charge is 2.17. The molecule has 0 unspecified atom stereocenters. The highest BCUT2D eigenvalue weighted by atomic mass is 15.2. The van der Waals surface area contributed by atoms with E-state index in [2.05, 4.69) is 16.0 Å². The minimum Gasteiger partial charge on any atom is -0.343 e. The van der Waals surface area contributed by atoms with Crippen LogP contribution >= 0.6 is 0 Å². The number of aromatic nitrogens is 2. The second kappa shape index (κ2) is 5.96. The van der Waals surface area contributed by atoms with Crippen LogP contribution in [-0.4, -0.2) is 30.1 Å². The first kappa shape index (κ1) is 12.3. The Morgan fingerprint density at radius 3 is 2.82 bits per heavy atom. The molecule has 1 fully saturated rings. The molecule has 4 heteroatoms. The van der Waals surface area contributed by atoms with E-state index in [0.717, 1.165) is 12.5 Å². The topological polar surface area (TPSA) is 55.0 Å². The second-order valence-corrected chi connectivity index (χ2v) is 4.83. The molecule has 1 saturated carbocycles. The molecule has 4 nitrogen and oxygen atoms in total. The summed E-state index contributed by atoms with van der Waals surface area (Å²) in [7, 11) is 1.99. The van der Waals surface area contributed by atoms with Gasteiger partial charge in [0, 0.05) is 37.9 Å². The average molecular weight is 234 g/mol. The molecule has 0 atom stereocenters. The maximum atomic E-state index is 5.55. The number of hydrogen-bond acceptors (Lipinski definition) is 4. The van der Waals surface area contributed by atoms with Crippen LogP contribution in [0.1, 0.15) is 43.7 Å². The highest BCUT2D eigenvalue weighted by molar-refractivity contribution is 5.29. The van der Waals surface area contributed by atoms with Crippen LogP contribution in [0.3, 0.4) is 0 Å². The average Bonchev–Trinajstić information content (AvgIpc) is 2.40. The van der Waals surface area contributed by atoms with Gasteiger partial charge in [-0.05, 0) is 18.9 Å². The lowest BCUT2D eigenvalue weighted by molar-refractivity contribution is 0.436. The van der Waals surface area contributed by atoms with Crippen molar-refractivity contribution < 1.29 is 0 Å². The van der Waals surface area contributed by atoms with Gasteiger partial charge >= 0.3 is 0 Å². The maximum Gasteiger partial charge on any atom is 0.225 e. The Morgan fingerprint density at radius 2 is 2.12 bits per heavy atom. The Balaban J connectivity index is 2.09. The third-order valence-electron chi connectivity index (χ3n) is 3.49. The number of nitrogens with zero attached hydrogens (tertiary/aromatic N) is 3. The molecule has 17 heavy (non-hydrogen) atoms. The van der Waals surface area contributed by atoms with Crippen molar-refractivity contribution >= 4 is 5.95 Å². The Kier molecular flexibility index (Phi) is 4.31. The van der Waals surface area contributed by atoms with Crippen LogP contribution in [0.5, 0.6) is 0 Å². The molecular formula is C13H22N4. The van der Waals surface area contributed by atoms with Gasteiger partial charge in [0.1, 0.15) is 0 Å². The van der Waals surface area contributed by atoms with E-state index in [4.69, 9.17) is 5.73 Å². The summed E-state index contributed by atoms with van der Waals surface area (Å²) in [6.07, 6.45) is 8.47. The van der Waals surface area contributed by atoms with E-state index < -0.39 is 0 Å². The first-order valence-electron chi connectivity index (χ1n) is 6.55. The smallest absolute Gasteiger partial charge is 0.225 e. The number of likely N-dealkylation sites (N-methyl/N-ethyl adjacent to an activating group) is 1. The van der Waals surface area contributed by atoms with Crippen LogP contribution in [0.4, 0.5) is 5.95 Å². The highest BCUT2D eigenvalue weighted by Crippen LogP contribution is 2.31. The summed E-state index contributed by atoms with van der Waals surface area (Å²) in [6, 6.07) is 2.07. The van der Waals surface area contributed by atoms with Crippen molar-refractivity contribution in [1.82, 2.24) is 9.97 Å². The molecule has 1 aromatic heterocycles. The monoisotopic (exact) mass is 234 g/mol. The van der Waals surface area contributed by atoms with Gasteiger partial charge in [0.25, 0.3) is 0 Å². The van der Waals surface area contributed by atoms with Crippen LogP contribution in [-0.2, 0) is 0 Å². The summed E-state index contributed by atoms with van der Waals surface area (Å²) in [6.45, 7) is 1.43. The molecule has 0 radical (unpaired) electrons. The summed E-state index contributed by atoms with van der Waals surface area (Å²) in [5.41, 5.74) is 6.76. The molecule has 2 rings (SSSR count). The van der Waals surface area contributed by atoms with Gasteiger partial charge in [-0.15, -0.1) is 0 Å². The molecule has 0 aromatic carbocycles. The second-order valence-electron chi connectivity index (χ2n) is 4.83. The van der Waals surface area contributed by atoms with Crippen molar-refractivity contribution in [2.75, 3.05) is 25.0 Å². The van der Waals surface area contributed by atoms with Crippen molar-refractivity contribution in [3.63, 3.8) is 0 Å². The lowest BCUT2D eigenvalue weighted by Gasteiger charge is -2.22. The fourth-order valence-electron chi connectivity index (χ4n) is 2.47. The van der Waals surface area contributed by atoms with Gasteiger partial charge in [0.05, 0.1) is 0 Å². The quantitative estimate of drug-likeness (QED) is 0.864. The van der Waals surface area contributed by atoms with Crippen LogP contribution in [0, 0.1) is 0 Å². The van der Waals surface area contributed by atoms with Gasteiger partial charge < -0.3 is 10.6 Å². The van der Waals surface area contributed by atoms with E-state index in [1.54, 1.807) is 0 Å². The molecule has 0 bridgehead atoms. The van der Waals surface area contributed by atoms with Crippen molar-refractivity contribution in [1.29, 1.82) is 0 Å². The van der Waals surface area contributed by atoms with Gasteiger partial charge in [-0.25, -0.2) is 9.97 Å². The molecule has 94 valence electrons. The van der Waals surface area contributed by atoms with E-state index in [1.165, 1.54) is 37.8 Å². The molecule has 0 saturated heterocycles. The molecule has 2 N–H and O–H groups in total. The predicted octanol–water partition coefficient (Wildman–Crippen LogP) is 1.92. The summed E-state index contributed by atoms with van der Waals surface area (Å²) < 4.78 is 0. The fourth-order valence-corrected chi connectivity index (χ4v) is 2.47. The molecule has 0 spiro atoms. The van der Waals surface area contributed by atoms with Crippen LogP contribution < -0.4 is 10.6 Å². The molecule has 1 heterocycles. The zero-order valence-corrected chi connectivity index (χ0v) is 10.6. The number of hydrogen-bond donors (Lipinski definition) is 1. The molecule has 0 aliphatic heterocycles. The van der Waals surface area contributed by atoms with Crippen LogP contribution in [0.15, 0.2) is 12.3 Å². The zero-order chi connectivity index (χ0) is 12.1. The van der Waals surface area contributed by atoms with E-state index in [-0.39, 0.29) is 0 Å². The minimum absolute atomic E-state index is 0.632. The van der Waals surface area contributed by atoms with Crippen LogP contribution in [0.25, 0.3) is 0 Å². The molecular weight excluding hydrogens is 212 g/mol. The third-order valence-corrected chi connectivity index (χ3v) is 3.49. The van der Waals surface area contributed by atoms with Gasteiger partial charge in [0.2, 0.25) is 5.95 Å². The fraction of sp³-hybridized carbons (Fsp3) is 0.692. The Labute approximate surface area is 103 Å². The van der Waals surface area contributed by atoms with E-state index in [1.807, 2.05) is 18.1 Å². The molecule has 1 aliphatic rings. The number of anilines is 1. The summed E-state index contributed by atoms with van der Waals surface area (Å²) in [5.74, 6) is 1.44. The summed E-state index contributed by atoms with van der Waals surface area (Å²) >= 11 is 0. The van der Waals surface area contributed by atoms with Crippen molar-refractivity contribution in [2.45, 2.75) is 38.0 Å². The number of nitrogens with two attached hydrogens (primary N) is 1. The normalized spacial score (nSPS) is 17.1. The summed E-state index contributed by atoms with van der Waals surface area (Å²) in [5, 5.41) is 0. The maximum absolute atomic E-state index is 5.55. The Hall–Kier alpha value is -1.16. The van der Waals surface area contributed by atoms with Gasteiger partial charge in [0.15, 0.2) is 0 Å². The van der Waals surface area contributed by atoms with Crippen LogP contribution in [0.2, 0.25) is 0 Å². The van der Waals surface area contributed by atoms with Crippen molar-refractivity contribution in [3.8, 4) is 0 Å². The lowest BCUT2D eigenvalue weighted by atomic mass is 9.87. The zero-order valence-electron chi connectivity index (χ0n) is 10.6.